The molecule has 0 saturated heterocycles. The molecule has 0 saturated carbocycles. The van der Waals surface area contributed by atoms with Gasteiger partial charge in [-0.15, -0.1) is 11.3 Å². The Morgan fingerprint density at radius 1 is 1.12 bits per heavy atom. The van der Waals surface area contributed by atoms with Gasteiger partial charge < -0.3 is 5.32 Å². The maximum absolute atomic E-state index is 3.42. The first-order valence-corrected chi connectivity index (χ1v) is 7.02. The molecule has 0 unspecified atom stereocenters. The first-order chi connectivity index (χ1) is 8.29. The van der Waals surface area contributed by atoms with Crippen LogP contribution in [0.5, 0.6) is 0 Å². The van der Waals surface area contributed by atoms with Crippen LogP contribution in [0.3, 0.4) is 0 Å². The van der Waals surface area contributed by atoms with Crippen molar-refractivity contribution in [3.8, 4) is 11.1 Å². The van der Waals surface area contributed by atoms with Gasteiger partial charge in [-0.3, -0.25) is 0 Å². The molecule has 1 N–H and O–H groups in total. The fourth-order valence-electron chi connectivity index (χ4n) is 1.82. The molecule has 90 valence electrons. The number of aryl methyl sites for hydroxylation is 1. The van der Waals surface area contributed by atoms with Gasteiger partial charge >= 0.3 is 0 Å². The highest BCUT2D eigenvalue weighted by atomic mass is 32.1. The van der Waals surface area contributed by atoms with Crippen LogP contribution in [0.15, 0.2) is 35.7 Å². The van der Waals surface area contributed by atoms with Crippen molar-refractivity contribution in [2.75, 3.05) is 6.54 Å². The van der Waals surface area contributed by atoms with Crippen LogP contribution < -0.4 is 5.32 Å². The van der Waals surface area contributed by atoms with Crippen molar-refractivity contribution in [2.45, 2.75) is 26.8 Å². The van der Waals surface area contributed by atoms with E-state index in [2.05, 4.69) is 54.9 Å². The third-order valence-corrected chi connectivity index (χ3v) is 3.64. The molecule has 0 aliphatic carbocycles. The molecule has 2 heteroatoms. The summed E-state index contributed by atoms with van der Waals surface area (Å²) in [5.41, 5.74) is 4.00. The van der Waals surface area contributed by atoms with E-state index >= 15 is 0 Å². The lowest BCUT2D eigenvalue weighted by Crippen LogP contribution is -2.13. The van der Waals surface area contributed by atoms with E-state index in [1.165, 1.54) is 28.0 Å². The van der Waals surface area contributed by atoms with E-state index in [-0.39, 0.29) is 0 Å². The van der Waals surface area contributed by atoms with Crippen molar-refractivity contribution >= 4 is 11.3 Å². The monoisotopic (exact) mass is 245 g/mol. The molecular formula is C15H19NS. The molecule has 0 atom stereocenters. The summed E-state index contributed by atoms with van der Waals surface area (Å²) in [4.78, 5) is 1.37. The van der Waals surface area contributed by atoms with E-state index in [0.717, 1.165) is 13.1 Å². The van der Waals surface area contributed by atoms with Crippen LogP contribution in [0.4, 0.5) is 0 Å². The second kappa shape index (κ2) is 5.99. The van der Waals surface area contributed by atoms with Gasteiger partial charge in [0.1, 0.15) is 0 Å². The van der Waals surface area contributed by atoms with Crippen molar-refractivity contribution in [2.24, 2.45) is 0 Å². The molecule has 0 aliphatic rings. The molecule has 0 radical (unpaired) electrons. The van der Waals surface area contributed by atoms with Crippen molar-refractivity contribution in [1.82, 2.24) is 5.32 Å². The molecule has 1 aromatic carbocycles. The summed E-state index contributed by atoms with van der Waals surface area (Å²) in [6, 6.07) is 11.1. The summed E-state index contributed by atoms with van der Waals surface area (Å²) in [5, 5.41) is 5.64. The normalized spacial score (nSPS) is 10.7. The summed E-state index contributed by atoms with van der Waals surface area (Å²) in [5.74, 6) is 0. The lowest BCUT2D eigenvalue weighted by molar-refractivity contribution is 0.675. The molecular weight excluding hydrogens is 226 g/mol. The van der Waals surface area contributed by atoms with Gasteiger partial charge in [-0.25, -0.2) is 0 Å². The zero-order valence-corrected chi connectivity index (χ0v) is 11.3. The molecule has 1 aromatic heterocycles. The molecule has 1 nitrogen and oxygen atoms in total. The summed E-state index contributed by atoms with van der Waals surface area (Å²) < 4.78 is 0. The molecule has 0 amide bonds. The average Bonchev–Trinajstić information content (AvgIpc) is 2.77. The first-order valence-electron chi connectivity index (χ1n) is 6.14. The molecule has 0 fully saturated rings. The Hall–Kier alpha value is -1.12. The Balaban J connectivity index is 2.02. The molecule has 2 rings (SSSR count). The Bertz CT molecular complexity index is 456. The molecule has 1 heterocycles. The standard InChI is InChI=1S/C15H19NS/c1-3-8-16-10-13-4-6-14(7-5-13)15-9-12(2)17-11-15/h4-7,9,11,16H,3,8,10H2,1-2H3. The molecule has 0 bridgehead atoms. The van der Waals surface area contributed by atoms with E-state index in [1.807, 2.05) is 11.3 Å². The lowest BCUT2D eigenvalue weighted by atomic mass is 10.1. The van der Waals surface area contributed by atoms with Gasteiger partial charge in [-0.05, 0) is 48.0 Å². The van der Waals surface area contributed by atoms with E-state index in [4.69, 9.17) is 0 Å². The molecule has 17 heavy (non-hydrogen) atoms. The topological polar surface area (TPSA) is 12.0 Å². The van der Waals surface area contributed by atoms with Crippen LogP contribution in [-0.4, -0.2) is 6.54 Å². The van der Waals surface area contributed by atoms with E-state index in [1.54, 1.807) is 0 Å². The Labute approximate surface area is 108 Å². The van der Waals surface area contributed by atoms with Crippen LogP contribution in [0, 0.1) is 6.92 Å². The number of rotatable bonds is 5. The van der Waals surface area contributed by atoms with Crippen molar-refractivity contribution in [3.63, 3.8) is 0 Å². The van der Waals surface area contributed by atoms with E-state index in [9.17, 15) is 0 Å². The van der Waals surface area contributed by atoms with Crippen molar-refractivity contribution < 1.29 is 0 Å². The van der Waals surface area contributed by atoms with Crippen LogP contribution >= 0.6 is 11.3 Å². The van der Waals surface area contributed by atoms with E-state index < -0.39 is 0 Å². The molecule has 0 aliphatic heterocycles. The van der Waals surface area contributed by atoms with Gasteiger partial charge in [-0.1, -0.05) is 31.2 Å². The summed E-state index contributed by atoms with van der Waals surface area (Å²) in [7, 11) is 0. The van der Waals surface area contributed by atoms with Gasteiger partial charge in [0, 0.05) is 11.4 Å². The van der Waals surface area contributed by atoms with Crippen LogP contribution in [0.25, 0.3) is 11.1 Å². The number of thiophene rings is 1. The predicted octanol–water partition coefficient (Wildman–Crippen LogP) is 4.22. The minimum Gasteiger partial charge on any atom is -0.313 e. The number of hydrogen-bond acceptors (Lipinski definition) is 2. The van der Waals surface area contributed by atoms with Crippen LogP contribution in [0.1, 0.15) is 23.8 Å². The van der Waals surface area contributed by atoms with Crippen LogP contribution in [0.2, 0.25) is 0 Å². The quantitative estimate of drug-likeness (QED) is 0.778. The number of nitrogens with one attached hydrogen (secondary N) is 1. The third kappa shape index (κ3) is 3.42. The van der Waals surface area contributed by atoms with Gasteiger partial charge in [0.15, 0.2) is 0 Å². The van der Waals surface area contributed by atoms with Gasteiger partial charge in [0.2, 0.25) is 0 Å². The summed E-state index contributed by atoms with van der Waals surface area (Å²) in [6.45, 7) is 6.40. The Morgan fingerprint density at radius 3 is 2.47 bits per heavy atom. The highest BCUT2D eigenvalue weighted by Crippen LogP contribution is 2.25. The van der Waals surface area contributed by atoms with Gasteiger partial charge in [0.05, 0.1) is 0 Å². The second-order valence-corrected chi connectivity index (χ2v) is 5.44. The lowest BCUT2D eigenvalue weighted by Gasteiger charge is -2.04. The SMILES string of the molecule is CCCNCc1ccc(-c2csc(C)c2)cc1. The average molecular weight is 245 g/mol. The maximum atomic E-state index is 3.42. The zero-order chi connectivity index (χ0) is 12.1. The van der Waals surface area contributed by atoms with E-state index in [0.29, 0.717) is 0 Å². The van der Waals surface area contributed by atoms with Crippen LogP contribution in [-0.2, 0) is 6.54 Å². The highest BCUT2D eigenvalue weighted by molar-refractivity contribution is 7.10. The molecule has 2 aromatic rings. The first kappa shape index (κ1) is 12.3. The third-order valence-electron chi connectivity index (χ3n) is 2.77. The predicted molar refractivity (Wildman–Crippen MR) is 76.5 cm³/mol. The Kier molecular flexibility index (Phi) is 4.35. The Morgan fingerprint density at radius 2 is 1.88 bits per heavy atom. The smallest absolute Gasteiger partial charge is 0.0205 e. The highest BCUT2D eigenvalue weighted by Gasteiger charge is 2.00. The number of benzene rings is 1. The largest absolute Gasteiger partial charge is 0.313 e. The number of hydrogen-bond donors (Lipinski definition) is 1. The minimum atomic E-state index is 0.969. The van der Waals surface area contributed by atoms with Crippen molar-refractivity contribution in [1.29, 1.82) is 0 Å². The maximum Gasteiger partial charge on any atom is 0.0205 e. The van der Waals surface area contributed by atoms with Crippen molar-refractivity contribution in [3.05, 3.63) is 46.2 Å². The summed E-state index contributed by atoms with van der Waals surface area (Å²) >= 11 is 1.81. The summed E-state index contributed by atoms with van der Waals surface area (Å²) in [6.07, 6.45) is 1.19. The fraction of sp³-hybridized carbons (Fsp3) is 0.333. The van der Waals surface area contributed by atoms with Gasteiger partial charge in [-0.2, -0.15) is 0 Å². The fourth-order valence-corrected chi connectivity index (χ4v) is 2.53. The van der Waals surface area contributed by atoms with Gasteiger partial charge in [0.25, 0.3) is 0 Å². The molecule has 0 spiro atoms. The minimum absolute atomic E-state index is 0.969. The zero-order valence-electron chi connectivity index (χ0n) is 10.5. The second-order valence-electron chi connectivity index (χ2n) is 4.32.